The molecular weight excluding hydrogens is 342 g/mol. The monoisotopic (exact) mass is 365 g/mol. The van der Waals surface area contributed by atoms with E-state index in [2.05, 4.69) is 22.6 Å². The molecule has 0 aliphatic heterocycles. The van der Waals surface area contributed by atoms with E-state index in [4.69, 9.17) is 9.37 Å². The number of para-hydroxylation sites is 1. The number of rotatable bonds is 7. The fourth-order valence-electron chi connectivity index (χ4n) is 2.72. The van der Waals surface area contributed by atoms with Crippen molar-refractivity contribution in [2.24, 2.45) is 0 Å². The molecule has 1 aromatic heterocycles. The van der Waals surface area contributed by atoms with Gasteiger partial charge in [-0.1, -0.05) is 43.2 Å². The summed E-state index contributed by atoms with van der Waals surface area (Å²) in [4.78, 5) is 12.8. The first kappa shape index (κ1) is 18.6. The van der Waals surface area contributed by atoms with Crippen molar-refractivity contribution < 1.29 is 14.2 Å². The highest BCUT2D eigenvalue weighted by Gasteiger charge is 2.19. The molecule has 3 aromatic rings. The number of hydrogen-bond acceptors (Lipinski definition) is 5. The van der Waals surface area contributed by atoms with Gasteiger partial charge >= 0.3 is 0 Å². The molecule has 0 saturated carbocycles. The molecular formula is C21H23N3O3. The summed E-state index contributed by atoms with van der Waals surface area (Å²) in [6.45, 7) is 6.64. The van der Waals surface area contributed by atoms with Crippen molar-refractivity contribution in [3.8, 4) is 17.0 Å². The van der Waals surface area contributed by atoms with Gasteiger partial charge in [0.1, 0.15) is 5.75 Å². The Morgan fingerprint density at radius 3 is 2.78 bits per heavy atom. The van der Waals surface area contributed by atoms with E-state index in [1.807, 2.05) is 38.1 Å². The van der Waals surface area contributed by atoms with Crippen LogP contribution < -0.4 is 10.1 Å². The smallest absolute Gasteiger partial charge is 0.260 e. The van der Waals surface area contributed by atoms with Crippen LogP contribution >= 0.6 is 0 Å². The van der Waals surface area contributed by atoms with E-state index in [1.165, 1.54) is 0 Å². The van der Waals surface area contributed by atoms with Gasteiger partial charge in [-0.05, 0) is 54.3 Å². The number of nitrogens with one attached hydrogen (secondary N) is 1. The summed E-state index contributed by atoms with van der Waals surface area (Å²) in [6.07, 6.45) is 1.96. The number of aryl methyl sites for hydroxylation is 2. The molecule has 0 unspecified atom stereocenters. The van der Waals surface area contributed by atoms with E-state index in [1.54, 1.807) is 18.2 Å². The van der Waals surface area contributed by atoms with Crippen LogP contribution in [0.3, 0.4) is 0 Å². The third-order valence-corrected chi connectivity index (χ3v) is 4.26. The van der Waals surface area contributed by atoms with Gasteiger partial charge in [-0.3, -0.25) is 4.79 Å². The number of anilines is 1. The molecule has 0 saturated heterocycles. The Labute approximate surface area is 158 Å². The zero-order valence-corrected chi connectivity index (χ0v) is 15.8. The lowest BCUT2D eigenvalue weighted by Gasteiger charge is -2.11. The van der Waals surface area contributed by atoms with Crippen molar-refractivity contribution in [1.82, 2.24) is 10.3 Å². The van der Waals surface area contributed by atoms with E-state index >= 15 is 0 Å². The molecule has 0 bridgehead atoms. The molecule has 3 rings (SSSR count). The molecule has 6 nitrogen and oxygen atoms in total. The predicted octanol–water partition coefficient (Wildman–Crippen LogP) is 4.78. The predicted molar refractivity (Wildman–Crippen MR) is 104 cm³/mol. The maximum Gasteiger partial charge on any atom is 0.260 e. The molecule has 0 spiro atoms. The van der Waals surface area contributed by atoms with Crippen LogP contribution in [0.4, 0.5) is 5.82 Å². The number of hydrogen-bond donors (Lipinski definition) is 1. The molecule has 1 amide bonds. The normalized spacial score (nSPS) is 10.6. The second-order valence-electron chi connectivity index (χ2n) is 6.43. The first-order valence-electron chi connectivity index (χ1n) is 9.03. The van der Waals surface area contributed by atoms with E-state index in [0.717, 1.165) is 29.5 Å². The first-order valence-corrected chi connectivity index (χ1v) is 9.03. The van der Waals surface area contributed by atoms with E-state index in [-0.39, 0.29) is 11.7 Å². The molecule has 27 heavy (non-hydrogen) atoms. The van der Waals surface area contributed by atoms with Crippen LogP contribution in [0.15, 0.2) is 47.1 Å². The summed E-state index contributed by atoms with van der Waals surface area (Å²) in [5, 5.41) is 10.7. The highest BCUT2D eigenvalue weighted by atomic mass is 16.6. The Morgan fingerprint density at radius 2 is 1.96 bits per heavy atom. The quantitative estimate of drug-likeness (QED) is 0.609. The van der Waals surface area contributed by atoms with Gasteiger partial charge in [0.15, 0.2) is 5.69 Å². The van der Waals surface area contributed by atoms with E-state index in [9.17, 15) is 4.79 Å². The summed E-state index contributed by atoms with van der Waals surface area (Å²) in [7, 11) is 0. The summed E-state index contributed by atoms with van der Waals surface area (Å²) >= 11 is 0. The SMILES string of the molecule is CCCCOc1ccccc1C(=O)Nc1nonc1-c1cc(C)ccc1C. The van der Waals surface area contributed by atoms with E-state index < -0.39 is 0 Å². The lowest BCUT2D eigenvalue weighted by atomic mass is 10.0. The maximum atomic E-state index is 12.8. The van der Waals surface area contributed by atoms with Crippen LogP contribution in [-0.2, 0) is 0 Å². The highest BCUT2D eigenvalue weighted by Crippen LogP contribution is 2.29. The number of unbranched alkanes of at least 4 members (excludes halogenated alkanes) is 1. The van der Waals surface area contributed by atoms with Crippen LogP contribution in [0, 0.1) is 13.8 Å². The third-order valence-electron chi connectivity index (χ3n) is 4.26. The van der Waals surface area contributed by atoms with Crippen molar-refractivity contribution in [2.75, 3.05) is 11.9 Å². The Bertz CT molecular complexity index is 934. The average Bonchev–Trinajstić information content (AvgIpc) is 3.12. The molecule has 0 atom stereocenters. The van der Waals surface area contributed by atoms with Crippen LogP contribution in [0.5, 0.6) is 5.75 Å². The standard InChI is InChI=1S/C21H23N3O3/c1-4-5-12-26-18-9-7-6-8-16(18)21(25)22-20-19(23-27-24-20)17-13-14(2)10-11-15(17)3/h6-11,13H,4-5,12H2,1-3H3,(H,22,24,25). The zero-order valence-electron chi connectivity index (χ0n) is 15.8. The fourth-order valence-corrected chi connectivity index (χ4v) is 2.72. The Hall–Kier alpha value is -3.15. The number of aromatic nitrogens is 2. The van der Waals surface area contributed by atoms with Crippen LogP contribution in [0.2, 0.25) is 0 Å². The molecule has 2 aromatic carbocycles. The Kier molecular flexibility index (Phi) is 5.86. The van der Waals surface area contributed by atoms with Gasteiger partial charge < -0.3 is 10.1 Å². The van der Waals surface area contributed by atoms with Gasteiger partial charge in [0.05, 0.1) is 12.2 Å². The first-order chi connectivity index (χ1) is 13.1. The number of carbonyl (C=O) groups is 1. The average molecular weight is 365 g/mol. The van der Waals surface area contributed by atoms with Crippen molar-refractivity contribution in [1.29, 1.82) is 0 Å². The molecule has 0 radical (unpaired) electrons. The second-order valence-corrected chi connectivity index (χ2v) is 6.43. The minimum absolute atomic E-state index is 0.289. The number of ether oxygens (including phenoxy) is 1. The minimum Gasteiger partial charge on any atom is -0.493 e. The summed E-state index contributed by atoms with van der Waals surface area (Å²) in [5.74, 6) is 0.523. The summed E-state index contributed by atoms with van der Waals surface area (Å²) in [5.41, 5.74) is 3.94. The van der Waals surface area contributed by atoms with Gasteiger partial charge in [-0.25, -0.2) is 4.63 Å². The Morgan fingerprint density at radius 1 is 1.15 bits per heavy atom. The van der Waals surface area contributed by atoms with Crippen molar-refractivity contribution in [3.05, 3.63) is 59.2 Å². The maximum absolute atomic E-state index is 12.8. The fraction of sp³-hybridized carbons (Fsp3) is 0.286. The molecule has 0 aliphatic rings. The lowest BCUT2D eigenvalue weighted by Crippen LogP contribution is -2.15. The summed E-state index contributed by atoms with van der Waals surface area (Å²) < 4.78 is 10.6. The van der Waals surface area contributed by atoms with Gasteiger partial charge in [-0.2, -0.15) is 0 Å². The Balaban J connectivity index is 1.84. The molecule has 140 valence electrons. The van der Waals surface area contributed by atoms with Gasteiger partial charge in [0.25, 0.3) is 5.91 Å². The van der Waals surface area contributed by atoms with Gasteiger partial charge in [0.2, 0.25) is 5.82 Å². The molecule has 0 fully saturated rings. The van der Waals surface area contributed by atoms with Crippen LogP contribution in [0.25, 0.3) is 11.3 Å². The topological polar surface area (TPSA) is 77.2 Å². The lowest BCUT2D eigenvalue weighted by molar-refractivity contribution is 0.102. The molecule has 6 heteroatoms. The molecule has 1 heterocycles. The molecule has 1 N–H and O–H groups in total. The minimum atomic E-state index is -0.315. The number of nitrogens with zero attached hydrogens (tertiary/aromatic N) is 2. The highest BCUT2D eigenvalue weighted by molar-refractivity contribution is 6.07. The van der Waals surface area contributed by atoms with Gasteiger partial charge in [-0.15, -0.1) is 0 Å². The molecule has 0 aliphatic carbocycles. The second kappa shape index (κ2) is 8.49. The summed E-state index contributed by atoms with van der Waals surface area (Å²) in [6, 6.07) is 13.2. The zero-order chi connectivity index (χ0) is 19.2. The van der Waals surface area contributed by atoms with Crippen LogP contribution in [-0.4, -0.2) is 22.8 Å². The van der Waals surface area contributed by atoms with E-state index in [0.29, 0.717) is 23.6 Å². The van der Waals surface area contributed by atoms with Crippen LogP contribution in [0.1, 0.15) is 41.3 Å². The number of carbonyl (C=O) groups excluding carboxylic acids is 1. The van der Waals surface area contributed by atoms with Crippen molar-refractivity contribution >= 4 is 11.7 Å². The van der Waals surface area contributed by atoms with Gasteiger partial charge in [0, 0.05) is 5.56 Å². The third kappa shape index (κ3) is 4.34. The van der Waals surface area contributed by atoms with Crippen molar-refractivity contribution in [2.45, 2.75) is 33.6 Å². The number of benzene rings is 2. The number of amides is 1. The van der Waals surface area contributed by atoms with Crippen molar-refractivity contribution in [3.63, 3.8) is 0 Å². The largest absolute Gasteiger partial charge is 0.493 e.